The van der Waals surface area contributed by atoms with Crippen LogP contribution in [0.2, 0.25) is 6.04 Å². The number of hydrogen-bond donors (Lipinski definition) is 0. The highest BCUT2D eigenvalue weighted by Crippen LogP contribution is 2.43. The molecule has 3 aromatic rings. The van der Waals surface area contributed by atoms with Crippen LogP contribution in [0.4, 0.5) is 0 Å². The minimum Gasteiger partial charge on any atom is -0.494 e. The molecule has 186 valence electrons. The summed E-state index contributed by atoms with van der Waals surface area (Å²) in [5.74, 6) is 0.417. The van der Waals surface area contributed by atoms with Gasteiger partial charge in [-0.2, -0.15) is 0 Å². The van der Waals surface area contributed by atoms with E-state index in [9.17, 15) is 0 Å². The van der Waals surface area contributed by atoms with E-state index in [1.165, 1.54) is 45.5 Å². The Kier molecular flexibility index (Phi) is 9.10. The quantitative estimate of drug-likeness (QED) is 0.251. The Balaban J connectivity index is 0.000000421. The molecule has 2 aliphatic rings. The van der Waals surface area contributed by atoms with Gasteiger partial charge in [-0.1, -0.05) is 48.5 Å². The Labute approximate surface area is 210 Å². The van der Waals surface area contributed by atoms with Crippen molar-refractivity contribution in [2.45, 2.75) is 52.0 Å². The van der Waals surface area contributed by atoms with E-state index < -0.39 is 8.80 Å². The average Bonchev–Trinajstić information content (AvgIpc) is 2.90. The maximum absolute atomic E-state index is 6.20. The molecule has 0 N–H and O–H groups in total. The number of nitrogens with zero attached hydrogens (tertiary/aromatic N) is 1. The fraction of sp³-hybridized carbons (Fsp3) is 0.414. The Hall–Kier alpha value is -2.51. The van der Waals surface area contributed by atoms with E-state index in [-0.39, 0.29) is 0 Å². The van der Waals surface area contributed by atoms with Gasteiger partial charge in [-0.15, -0.1) is 0 Å². The first-order chi connectivity index (χ1) is 17.2. The van der Waals surface area contributed by atoms with Crippen LogP contribution in [0.1, 0.15) is 50.7 Å². The van der Waals surface area contributed by atoms with Crippen molar-refractivity contribution in [3.63, 3.8) is 0 Å². The second-order valence-corrected chi connectivity index (χ2v) is 11.4. The maximum atomic E-state index is 6.20. The lowest BCUT2D eigenvalue weighted by molar-refractivity contribution is 0.0690. The van der Waals surface area contributed by atoms with Gasteiger partial charge < -0.3 is 18.0 Å². The summed E-state index contributed by atoms with van der Waals surface area (Å²) in [4.78, 5) is 3.75. The highest BCUT2D eigenvalue weighted by Gasteiger charge is 2.44. The Morgan fingerprint density at radius 3 is 2.26 bits per heavy atom. The largest absolute Gasteiger partial charge is 0.501 e. The highest BCUT2D eigenvalue weighted by molar-refractivity contribution is 6.61. The van der Waals surface area contributed by atoms with E-state index in [1.54, 1.807) is 18.7 Å². The number of rotatable bonds is 8. The number of hydrogen-bond acceptors (Lipinski definition) is 5. The zero-order valence-electron chi connectivity index (χ0n) is 21.2. The molecule has 35 heavy (non-hydrogen) atoms. The molecule has 1 aliphatic carbocycles. The van der Waals surface area contributed by atoms with Crippen LogP contribution in [-0.4, -0.2) is 41.4 Å². The molecule has 5 nitrogen and oxygen atoms in total. The van der Waals surface area contributed by atoms with Crippen molar-refractivity contribution in [2.24, 2.45) is 4.99 Å². The third-order valence-corrected chi connectivity index (χ3v) is 9.75. The van der Waals surface area contributed by atoms with Crippen molar-refractivity contribution < 1.29 is 18.0 Å². The molecule has 1 aliphatic heterocycles. The molecule has 0 aromatic heterocycles. The fourth-order valence-electron chi connectivity index (χ4n) is 5.29. The standard InChI is InChI=1S/C25H32O3Si.C4H5NO/c1-4-26-29(27-5-2,28-6-3)18-21-12-9-11-20-15-16-23-22-13-8-7-10-19(22)14-17-24(23)25(20)21;1-3-6-4-2-5-1/h7-8,10,13-17,21H,4-6,9,11-12,18H2,1-3H3;1-3H,4H2. The van der Waals surface area contributed by atoms with Crippen molar-refractivity contribution in [2.75, 3.05) is 26.4 Å². The smallest absolute Gasteiger partial charge is 0.494 e. The van der Waals surface area contributed by atoms with Crippen molar-refractivity contribution in [3.8, 4) is 0 Å². The second kappa shape index (κ2) is 12.4. The van der Waals surface area contributed by atoms with Crippen LogP contribution in [0.3, 0.4) is 0 Å². The molecule has 0 amide bonds. The number of fused-ring (bicyclic) bond motifs is 5. The molecule has 0 saturated carbocycles. The third-order valence-electron chi connectivity index (χ3n) is 6.57. The molecule has 3 aromatic carbocycles. The van der Waals surface area contributed by atoms with Crippen LogP contribution in [-0.2, 0) is 24.4 Å². The first-order valence-corrected chi connectivity index (χ1v) is 14.8. The zero-order valence-corrected chi connectivity index (χ0v) is 22.2. The first kappa shape index (κ1) is 25.6. The Bertz CT molecular complexity index is 1150. The van der Waals surface area contributed by atoms with Gasteiger partial charge in [-0.3, -0.25) is 4.99 Å². The number of ether oxygens (including phenoxy) is 1. The minimum atomic E-state index is -2.69. The summed E-state index contributed by atoms with van der Waals surface area (Å²) in [5, 5.41) is 5.37. The molecule has 1 atom stereocenters. The lowest BCUT2D eigenvalue weighted by atomic mass is 9.80. The van der Waals surface area contributed by atoms with Gasteiger partial charge in [-0.05, 0) is 78.6 Å². The van der Waals surface area contributed by atoms with Crippen LogP contribution >= 0.6 is 0 Å². The minimum absolute atomic E-state index is 0.417. The molecular formula is C29H37NO4Si. The SMILES string of the molecule is C1=COCC=N1.CCO[Si](CC1CCCc2ccc3c(ccc4ccccc43)c21)(OCC)OCC. The highest BCUT2D eigenvalue weighted by atomic mass is 28.4. The van der Waals surface area contributed by atoms with Gasteiger partial charge in [0.05, 0.1) is 6.20 Å². The van der Waals surface area contributed by atoms with Gasteiger partial charge in [0.15, 0.2) is 0 Å². The molecule has 0 radical (unpaired) electrons. The summed E-state index contributed by atoms with van der Waals surface area (Å²) in [6.07, 6.45) is 8.43. The molecular weight excluding hydrogens is 454 g/mol. The molecule has 5 rings (SSSR count). The maximum Gasteiger partial charge on any atom is 0.501 e. The summed E-state index contributed by atoms with van der Waals surface area (Å²) in [7, 11) is -2.69. The molecule has 1 unspecified atom stereocenters. The van der Waals surface area contributed by atoms with Gasteiger partial charge >= 0.3 is 8.80 Å². The third kappa shape index (κ3) is 6.01. The van der Waals surface area contributed by atoms with Crippen molar-refractivity contribution >= 4 is 36.6 Å². The first-order valence-electron chi connectivity index (χ1n) is 12.8. The van der Waals surface area contributed by atoms with E-state index in [1.807, 2.05) is 20.8 Å². The van der Waals surface area contributed by atoms with Gasteiger partial charge in [-0.25, -0.2) is 0 Å². The van der Waals surface area contributed by atoms with E-state index in [0.29, 0.717) is 32.3 Å². The van der Waals surface area contributed by atoms with E-state index >= 15 is 0 Å². The van der Waals surface area contributed by atoms with Crippen LogP contribution in [0, 0.1) is 0 Å². The summed E-state index contributed by atoms with van der Waals surface area (Å²) in [5.41, 5.74) is 2.98. The van der Waals surface area contributed by atoms with E-state index in [0.717, 1.165) is 12.5 Å². The predicted molar refractivity (Wildman–Crippen MR) is 146 cm³/mol. The van der Waals surface area contributed by atoms with Gasteiger partial charge in [0.1, 0.15) is 12.9 Å². The van der Waals surface area contributed by atoms with E-state index in [2.05, 4.69) is 53.5 Å². The second-order valence-electron chi connectivity index (χ2n) is 8.75. The lowest BCUT2D eigenvalue weighted by Gasteiger charge is -2.35. The normalized spacial score (nSPS) is 17.1. The molecule has 0 saturated heterocycles. The predicted octanol–water partition coefficient (Wildman–Crippen LogP) is 7.02. The Morgan fingerprint density at radius 2 is 1.63 bits per heavy atom. The molecule has 1 heterocycles. The van der Waals surface area contributed by atoms with Crippen LogP contribution in [0.15, 0.2) is 66.0 Å². The van der Waals surface area contributed by atoms with Crippen LogP contribution in [0.25, 0.3) is 21.5 Å². The summed E-state index contributed by atoms with van der Waals surface area (Å²) >= 11 is 0. The number of aliphatic imine (C=N–C) groups is 1. The molecule has 0 spiro atoms. The summed E-state index contributed by atoms with van der Waals surface area (Å²) < 4.78 is 23.4. The molecule has 6 heteroatoms. The topological polar surface area (TPSA) is 49.3 Å². The Morgan fingerprint density at radius 1 is 0.886 bits per heavy atom. The molecule has 0 fully saturated rings. The van der Waals surface area contributed by atoms with Crippen molar-refractivity contribution in [1.29, 1.82) is 0 Å². The van der Waals surface area contributed by atoms with Gasteiger partial charge in [0, 0.05) is 32.1 Å². The summed E-state index contributed by atoms with van der Waals surface area (Å²) in [6.45, 7) is 8.63. The average molecular weight is 492 g/mol. The van der Waals surface area contributed by atoms with Crippen molar-refractivity contribution in [1.82, 2.24) is 0 Å². The van der Waals surface area contributed by atoms with E-state index in [4.69, 9.17) is 18.0 Å². The zero-order chi connectivity index (χ0) is 24.5. The monoisotopic (exact) mass is 491 g/mol. The van der Waals surface area contributed by atoms with Crippen molar-refractivity contribution in [3.05, 3.63) is 72.1 Å². The lowest BCUT2D eigenvalue weighted by Crippen LogP contribution is -2.47. The van der Waals surface area contributed by atoms with Crippen LogP contribution in [0.5, 0.6) is 0 Å². The van der Waals surface area contributed by atoms with Gasteiger partial charge in [0.25, 0.3) is 0 Å². The van der Waals surface area contributed by atoms with Crippen LogP contribution < -0.4 is 0 Å². The van der Waals surface area contributed by atoms with Gasteiger partial charge in [0.2, 0.25) is 0 Å². The molecule has 0 bridgehead atoms. The summed E-state index contributed by atoms with van der Waals surface area (Å²) in [6, 6.07) is 18.8. The number of aryl methyl sites for hydroxylation is 1. The number of benzene rings is 3. The fourth-order valence-corrected chi connectivity index (χ4v) is 8.22.